The number of aromatic nitrogens is 3. The molecule has 3 rings (SSSR count). The summed E-state index contributed by atoms with van der Waals surface area (Å²) in [7, 11) is 0. The van der Waals surface area contributed by atoms with Crippen LogP contribution in [0.4, 0.5) is 0 Å². The first kappa shape index (κ1) is 11.2. The molecule has 0 saturated carbocycles. The van der Waals surface area contributed by atoms with Crippen LogP contribution in [0.2, 0.25) is 0 Å². The van der Waals surface area contributed by atoms with Gasteiger partial charge in [0.1, 0.15) is 11.6 Å². The normalized spacial score (nSPS) is 24.6. The van der Waals surface area contributed by atoms with E-state index in [4.69, 9.17) is 4.74 Å². The summed E-state index contributed by atoms with van der Waals surface area (Å²) in [6, 6.07) is 0. The van der Waals surface area contributed by atoms with Crippen molar-refractivity contribution in [3.05, 3.63) is 11.6 Å². The summed E-state index contributed by atoms with van der Waals surface area (Å²) in [6.45, 7) is 8.01. The van der Waals surface area contributed by atoms with Gasteiger partial charge in [-0.2, -0.15) is 0 Å². The largest absolute Gasteiger partial charge is 0.381 e. The second kappa shape index (κ2) is 4.07. The molecule has 2 aliphatic rings. The van der Waals surface area contributed by atoms with Gasteiger partial charge in [-0.15, -0.1) is 10.2 Å². The van der Waals surface area contributed by atoms with Crippen LogP contribution in [0, 0.1) is 0 Å². The summed E-state index contributed by atoms with van der Waals surface area (Å²) < 4.78 is 7.77. The minimum atomic E-state index is 0.0741. The van der Waals surface area contributed by atoms with Gasteiger partial charge in [0.2, 0.25) is 0 Å². The van der Waals surface area contributed by atoms with Crippen LogP contribution in [0.15, 0.2) is 0 Å². The average molecular weight is 236 g/mol. The second-order valence-electron chi connectivity index (χ2n) is 5.61. The van der Waals surface area contributed by atoms with Crippen molar-refractivity contribution >= 4 is 0 Å². The molecule has 0 bridgehead atoms. The molecular formula is C12H20N4O. The van der Waals surface area contributed by atoms with E-state index in [0.29, 0.717) is 5.92 Å². The van der Waals surface area contributed by atoms with Crippen LogP contribution in [0.5, 0.6) is 0 Å². The highest BCUT2D eigenvalue weighted by Crippen LogP contribution is 2.31. The number of hydrogen-bond acceptors (Lipinski definition) is 4. The van der Waals surface area contributed by atoms with Crippen LogP contribution >= 0.6 is 0 Å². The third-order valence-electron chi connectivity index (χ3n) is 3.79. The highest BCUT2D eigenvalue weighted by Gasteiger charge is 2.33. The summed E-state index contributed by atoms with van der Waals surface area (Å²) in [6.07, 6.45) is 2.14. The topological polar surface area (TPSA) is 52.0 Å². The van der Waals surface area contributed by atoms with E-state index >= 15 is 0 Å². The van der Waals surface area contributed by atoms with Crippen LogP contribution < -0.4 is 5.32 Å². The van der Waals surface area contributed by atoms with Gasteiger partial charge in [0.25, 0.3) is 0 Å². The molecule has 1 aromatic heterocycles. The first-order valence-corrected chi connectivity index (χ1v) is 6.41. The van der Waals surface area contributed by atoms with Crippen molar-refractivity contribution in [2.45, 2.75) is 44.7 Å². The van der Waals surface area contributed by atoms with E-state index in [2.05, 4.69) is 33.9 Å². The van der Waals surface area contributed by atoms with Crippen LogP contribution in [0.3, 0.4) is 0 Å². The molecule has 17 heavy (non-hydrogen) atoms. The molecule has 1 fully saturated rings. The predicted octanol–water partition coefficient (Wildman–Crippen LogP) is 1.01. The highest BCUT2D eigenvalue weighted by molar-refractivity contribution is 5.10. The molecule has 5 heteroatoms. The van der Waals surface area contributed by atoms with Crippen LogP contribution in [-0.2, 0) is 16.8 Å². The van der Waals surface area contributed by atoms with Crippen molar-refractivity contribution in [1.29, 1.82) is 0 Å². The maximum atomic E-state index is 5.42. The maximum absolute atomic E-state index is 5.42. The molecule has 0 unspecified atom stereocenters. The van der Waals surface area contributed by atoms with Gasteiger partial charge >= 0.3 is 0 Å². The van der Waals surface area contributed by atoms with Gasteiger partial charge in [-0.1, -0.05) is 0 Å². The summed E-state index contributed by atoms with van der Waals surface area (Å²) in [5.74, 6) is 2.75. The van der Waals surface area contributed by atoms with E-state index in [1.807, 2.05) is 0 Å². The van der Waals surface area contributed by atoms with Gasteiger partial charge in [0.15, 0.2) is 0 Å². The fourth-order valence-corrected chi connectivity index (χ4v) is 2.88. The van der Waals surface area contributed by atoms with E-state index < -0.39 is 0 Å². The fourth-order valence-electron chi connectivity index (χ4n) is 2.88. The monoisotopic (exact) mass is 236 g/mol. The van der Waals surface area contributed by atoms with E-state index in [1.54, 1.807) is 0 Å². The summed E-state index contributed by atoms with van der Waals surface area (Å²) in [4.78, 5) is 0. The Bertz CT molecular complexity index is 407. The van der Waals surface area contributed by atoms with Crippen LogP contribution in [0.1, 0.15) is 44.3 Å². The molecule has 2 aliphatic heterocycles. The molecule has 0 atom stereocenters. The lowest BCUT2D eigenvalue weighted by Gasteiger charge is -2.35. The third-order valence-corrected chi connectivity index (χ3v) is 3.79. The van der Waals surface area contributed by atoms with Crippen molar-refractivity contribution in [2.75, 3.05) is 19.8 Å². The minimum absolute atomic E-state index is 0.0741. The first-order valence-electron chi connectivity index (χ1n) is 6.41. The Hall–Kier alpha value is -0.940. The smallest absolute Gasteiger partial charge is 0.147 e. The van der Waals surface area contributed by atoms with Gasteiger partial charge in [-0.05, 0) is 26.7 Å². The van der Waals surface area contributed by atoms with Gasteiger partial charge in [0, 0.05) is 25.7 Å². The predicted molar refractivity (Wildman–Crippen MR) is 63.8 cm³/mol. The Morgan fingerprint density at radius 2 is 2.06 bits per heavy atom. The molecule has 0 radical (unpaired) electrons. The van der Waals surface area contributed by atoms with Crippen molar-refractivity contribution in [3.8, 4) is 0 Å². The molecule has 3 heterocycles. The number of fused-ring (bicyclic) bond motifs is 1. The van der Waals surface area contributed by atoms with Crippen molar-refractivity contribution in [1.82, 2.24) is 20.1 Å². The van der Waals surface area contributed by atoms with Crippen molar-refractivity contribution in [2.24, 2.45) is 0 Å². The molecule has 0 aliphatic carbocycles. The van der Waals surface area contributed by atoms with Gasteiger partial charge in [-0.3, -0.25) is 0 Å². The summed E-state index contributed by atoms with van der Waals surface area (Å²) in [5.41, 5.74) is 0.0741. The average Bonchev–Trinajstić information content (AvgIpc) is 2.75. The molecular weight excluding hydrogens is 216 g/mol. The Morgan fingerprint density at radius 1 is 1.29 bits per heavy atom. The van der Waals surface area contributed by atoms with Crippen molar-refractivity contribution in [3.63, 3.8) is 0 Å². The molecule has 1 saturated heterocycles. The fraction of sp³-hybridized carbons (Fsp3) is 0.833. The van der Waals surface area contributed by atoms with Gasteiger partial charge < -0.3 is 14.6 Å². The zero-order valence-electron chi connectivity index (χ0n) is 10.6. The maximum Gasteiger partial charge on any atom is 0.147 e. The van der Waals surface area contributed by atoms with E-state index in [0.717, 1.165) is 50.8 Å². The molecule has 0 amide bonds. The molecule has 0 spiro atoms. The summed E-state index contributed by atoms with van der Waals surface area (Å²) >= 11 is 0. The van der Waals surface area contributed by atoms with Gasteiger partial charge in [-0.25, -0.2) is 0 Å². The van der Waals surface area contributed by atoms with Crippen molar-refractivity contribution < 1.29 is 4.74 Å². The quantitative estimate of drug-likeness (QED) is 0.790. The van der Waals surface area contributed by atoms with E-state index in [-0.39, 0.29) is 5.54 Å². The zero-order chi connectivity index (χ0) is 11.9. The molecule has 0 aromatic carbocycles. The number of nitrogens with zero attached hydrogens (tertiary/aromatic N) is 3. The van der Waals surface area contributed by atoms with Crippen LogP contribution in [0.25, 0.3) is 0 Å². The SMILES string of the molecule is CC1(C)CNCc2nnc(C3CCOCC3)n21. The summed E-state index contributed by atoms with van der Waals surface area (Å²) in [5, 5.41) is 12.2. The Balaban J connectivity index is 1.98. The lowest BCUT2D eigenvalue weighted by molar-refractivity contribution is 0.0811. The Morgan fingerprint density at radius 3 is 2.82 bits per heavy atom. The second-order valence-corrected chi connectivity index (χ2v) is 5.61. The Kier molecular flexibility index (Phi) is 2.67. The van der Waals surface area contributed by atoms with E-state index in [9.17, 15) is 0 Å². The standard InChI is InChI=1S/C12H20N4O/c1-12(2)8-13-7-10-14-15-11(16(10)12)9-3-5-17-6-4-9/h9,13H,3-8H2,1-2H3. The molecule has 5 nitrogen and oxygen atoms in total. The Labute approximate surface area is 102 Å². The third kappa shape index (κ3) is 1.87. The number of rotatable bonds is 1. The molecule has 1 aromatic rings. The van der Waals surface area contributed by atoms with Gasteiger partial charge in [0.05, 0.1) is 12.1 Å². The number of nitrogens with one attached hydrogen (secondary N) is 1. The lowest BCUT2D eigenvalue weighted by Crippen LogP contribution is -2.45. The minimum Gasteiger partial charge on any atom is -0.381 e. The number of ether oxygens (including phenoxy) is 1. The molecule has 94 valence electrons. The molecule has 1 N–H and O–H groups in total. The van der Waals surface area contributed by atoms with E-state index in [1.165, 1.54) is 0 Å². The zero-order valence-corrected chi connectivity index (χ0v) is 10.6. The first-order chi connectivity index (χ1) is 8.18. The number of hydrogen-bond donors (Lipinski definition) is 1. The van der Waals surface area contributed by atoms with Crippen LogP contribution in [-0.4, -0.2) is 34.5 Å². The lowest BCUT2D eigenvalue weighted by atomic mass is 9.96. The highest BCUT2D eigenvalue weighted by atomic mass is 16.5.